The zero-order valence-corrected chi connectivity index (χ0v) is 20.7. The molecule has 178 valence electrons. The van der Waals surface area contributed by atoms with Gasteiger partial charge in [0.15, 0.2) is 0 Å². The number of carbonyl (C=O) groups excluding carboxylic acids is 2. The summed E-state index contributed by atoms with van der Waals surface area (Å²) in [6, 6.07) is 22.7. The first kappa shape index (κ1) is 25.0. The van der Waals surface area contributed by atoms with Crippen LogP contribution in [0.25, 0.3) is 0 Å². The standard InChI is InChI=1S/C29H34N2O3/c1-21-12-13-22(2)26(20-21)34-19-9-18-29(3,4)28(33)30-24-16-14-23(15-17-24)27(32)31(5)25-10-7-6-8-11-25/h6-8,10-17,20H,9,18-19H2,1-5H3,(H,30,33). The Morgan fingerprint density at radius 1 is 0.941 bits per heavy atom. The minimum atomic E-state index is -0.549. The van der Waals surface area contributed by atoms with Gasteiger partial charge in [0, 0.05) is 29.4 Å². The molecule has 0 fully saturated rings. The fourth-order valence-electron chi connectivity index (χ4n) is 3.63. The van der Waals surface area contributed by atoms with Crippen molar-refractivity contribution in [2.24, 2.45) is 5.41 Å². The summed E-state index contributed by atoms with van der Waals surface area (Å²) in [4.78, 5) is 27.2. The zero-order valence-electron chi connectivity index (χ0n) is 20.7. The minimum Gasteiger partial charge on any atom is -0.493 e. The number of amides is 2. The van der Waals surface area contributed by atoms with Crippen LogP contribution in [0.3, 0.4) is 0 Å². The monoisotopic (exact) mass is 458 g/mol. The third-order valence-corrected chi connectivity index (χ3v) is 6.00. The van der Waals surface area contributed by atoms with Gasteiger partial charge >= 0.3 is 0 Å². The van der Waals surface area contributed by atoms with Crippen molar-refractivity contribution in [3.63, 3.8) is 0 Å². The van der Waals surface area contributed by atoms with Gasteiger partial charge < -0.3 is 15.0 Å². The van der Waals surface area contributed by atoms with Gasteiger partial charge in [-0.2, -0.15) is 0 Å². The molecule has 3 aromatic rings. The van der Waals surface area contributed by atoms with Crippen molar-refractivity contribution in [2.75, 3.05) is 23.9 Å². The number of anilines is 2. The maximum atomic E-state index is 12.9. The van der Waals surface area contributed by atoms with Crippen LogP contribution in [0, 0.1) is 19.3 Å². The Labute approximate surface area is 202 Å². The Morgan fingerprint density at radius 3 is 2.29 bits per heavy atom. The molecule has 3 rings (SSSR count). The third-order valence-electron chi connectivity index (χ3n) is 6.00. The molecule has 0 unspecified atom stereocenters. The van der Waals surface area contributed by atoms with Crippen LogP contribution in [0.15, 0.2) is 72.8 Å². The number of rotatable bonds is 9. The first-order chi connectivity index (χ1) is 16.2. The summed E-state index contributed by atoms with van der Waals surface area (Å²) >= 11 is 0. The molecule has 3 aromatic carbocycles. The average molecular weight is 459 g/mol. The van der Waals surface area contributed by atoms with Crippen LogP contribution in [0.1, 0.15) is 48.2 Å². The van der Waals surface area contributed by atoms with E-state index >= 15 is 0 Å². The van der Waals surface area contributed by atoms with Crippen molar-refractivity contribution in [1.29, 1.82) is 0 Å². The summed E-state index contributed by atoms with van der Waals surface area (Å²) in [6.07, 6.45) is 1.47. The molecule has 5 heteroatoms. The van der Waals surface area contributed by atoms with Gasteiger partial charge in [0.05, 0.1) is 6.61 Å². The van der Waals surface area contributed by atoms with E-state index in [1.807, 2.05) is 64.1 Å². The van der Waals surface area contributed by atoms with Gasteiger partial charge in [-0.1, -0.05) is 44.2 Å². The van der Waals surface area contributed by atoms with Gasteiger partial charge in [0.2, 0.25) is 5.91 Å². The second-order valence-corrected chi connectivity index (χ2v) is 9.34. The third kappa shape index (κ3) is 6.47. The predicted octanol–water partition coefficient (Wildman–Crippen LogP) is 6.40. The van der Waals surface area contributed by atoms with Gasteiger partial charge in [-0.15, -0.1) is 0 Å². The SMILES string of the molecule is Cc1ccc(C)c(OCCCC(C)(C)C(=O)Nc2ccc(C(=O)N(C)c3ccccc3)cc2)c1. The molecule has 5 nitrogen and oxygen atoms in total. The smallest absolute Gasteiger partial charge is 0.258 e. The van der Waals surface area contributed by atoms with E-state index in [-0.39, 0.29) is 11.8 Å². The molecule has 1 N–H and O–H groups in total. The summed E-state index contributed by atoms with van der Waals surface area (Å²) < 4.78 is 5.93. The number of nitrogens with one attached hydrogen (secondary N) is 1. The highest BCUT2D eigenvalue weighted by Gasteiger charge is 2.27. The van der Waals surface area contributed by atoms with Crippen molar-refractivity contribution < 1.29 is 14.3 Å². The topological polar surface area (TPSA) is 58.6 Å². The van der Waals surface area contributed by atoms with E-state index in [0.717, 1.165) is 23.4 Å². The second kappa shape index (κ2) is 11.0. The van der Waals surface area contributed by atoms with Gasteiger partial charge in [-0.3, -0.25) is 9.59 Å². The second-order valence-electron chi connectivity index (χ2n) is 9.34. The van der Waals surface area contributed by atoms with E-state index in [9.17, 15) is 9.59 Å². The summed E-state index contributed by atoms with van der Waals surface area (Å²) in [7, 11) is 1.75. The Morgan fingerprint density at radius 2 is 1.62 bits per heavy atom. The Hall–Kier alpha value is -3.60. The van der Waals surface area contributed by atoms with Crippen molar-refractivity contribution >= 4 is 23.2 Å². The number of carbonyl (C=O) groups is 2. The molecule has 0 aliphatic carbocycles. The number of aryl methyl sites for hydroxylation is 2. The van der Waals surface area contributed by atoms with Crippen LogP contribution in [0.5, 0.6) is 5.75 Å². The quantitative estimate of drug-likeness (QED) is 0.377. The van der Waals surface area contributed by atoms with Gasteiger partial charge in [0.25, 0.3) is 5.91 Å². The lowest BCUT2D eigenvalue weighted by molar-refractivity contribution is -0.124. The first-order valence-electron chi connectivity index (χ1n) is 11.6. The highest BCUT2D eigenvalue weighted by molar-refractivity contribution is 6.06. The Bertz CT molecular complexity index is 1120. The number of ether oxygens (including phenoxy) is 1. The zero-order chi connectivity index (χ0) is 24.7. The highest BCUT2D eigenvalue weighted by Crippen LogP contribution is 2.26. The van der Waals surface area contributed by atoms with Gasteiger partial charge in [-0.25, -0.2) is 0 Å². The summed E-state index contributed by atoms with van der Waals surface area (Å²) in [5, 5.41) is 2.98. The number of hydrogen-bond acceptors (Lipinski definition) is 3. The molecule has 34 heavy (non-hydrogen) atoms. The normalized spacial score (nSPS) is 11.1. The number of nitrogens with zero attached hydrogens (tertiary/aromatic N) is 1. The van der Waals surface area contributed by atoms with Crippen molar-refractivity contribution in [3.8, 4) is 5.75 Å². The van der Waals surface area contributed by atoms with Crippen molar-refractivity contribution in [1.82, 2.24) is 0 Å². The molecule has 0 atom stereocenters. The predicted molar refractivity (Wildman–Crippen MR) is 139 cm³/mol. The van der Waals surface area contributed by atoms with E-state index in [1.165, 1.54) is 5.56 Å². The lowest BCUT2D eigenvalue weighted by atomic mass is 9.87. The van der Waals surface area contributed by atoms with Crippen molar-refractivity contribution in [2.45, 2.75) is 40.5 Å². The molecule has 0 saturated carbocycles. The molecule has 0 spiro atoms. The fraction of sp³-hybridized carbons (Fsp3) is 0.310. The highest BCUT2D eigenvalue weighted by atomic mass is 16.5. The molecular weight excluding hydrogens is 424 g/mol. The van der Waals surface area contributed by atoms with Gasteiger partial charge in [0.1, 0.15) is 5.75 Å². The maximum absolute atomic E-state index is 12.9. The number of benzene rings is 3. The lowest BCUT2D eigenvalue weighted by Gasteiger charge is -2.24. The molecule has 0 bridgehead atoms. The van der Waals surface area contributed by atoms with Crippen LogP contribution in [0.4, 0.5) is 11.4 Å². The van der Waals surface area contributed by atoms with E-state index in [2.05, 4.69) is 17.4 Å². The number of para-hydroxylation sites is 1. The van der Waals surface area contributed by atoms with Crippen LogP contribution in [-0.2, 0) is 4.79 Å². The number of hydrogen-bond donors (Lipinski definition) is 1. The molecule has 0 radical (unpaired) electrons. The molecule has 0 heterocycles. The van der Waals surface area contributed by atoms with Crippen LogP contribution >= 0.6 is 0 Å². The summed E-state index contributed by atoms with van der Waals surface area (Å²) in [6.45, 7) is 8.51. The van der Waals surface area contributed by atoms with E-state index in [0.29, 0.717) is 24.3 Å². The Balaban J connectivity index is 1.51. The molecule has 2 amide bonds. The van der Waals surface area contributed by atoms with Gasteiger partial charge in [-0.05, 0) is 80.3 Å². The molecule has 0 saturated heterocycles. The molecular formula is C29H34N2O3. The van der Waals surface area contributed by atoms with Crippen molar-refractivity contribution in [3.05, 3.63) is 89.5 Å². The van der Waals surface area contributed by atoms with Crippen LogP contribution < -0.4 is 15.0 Å². The summed E-state index contributed by atoms with van der Waals surface area (Å²) in [5.74, 6) is 0.739. The average Bonchev–Trinajstić information content (AvgIpc) is 2.84. The first-order valence-corrected chi connectivity index (χ1v) is 11.6. The van der Waals surface area contributed by atoms with E-state index < -0.39 is 5.41 Å². The minimum absolute atomic E-state index is 0.0558. The van der Waals surface area contributed by atoms with Crippen LogP contribution in [0.2, 0.25) is 0 Å². The molecule has 0 aliphatic rings. The largest absolute Gasteiger partial charge is 0.493 e. The fourth-order valence-corrected chi connectivity index (χ4v) is 3.63. The molecule has 0 aromatic heterocycles. The summed E-state index contributed by atoms with van der Waals surface area (Å²) in [5.41, 5.74) is 3.79. The molecule has 0 aliphatic heterocycles. The maximum Gasteiger partial charge on any atom is 0.258 e. The lowest BCUT2D eigenvalue weighted by Crippen LogP contribution is -2.31. The van der Waals surface area contributed by atoms with Crippen LogP contribution in [-0.4, -0.2) is 25.5 Å². The van der Waals surface area contributed by atoms with E-state index in [4.69, 9.17) is 4.74 Å². The van der Waals surface area contributed by atoms with E-state index in [1.54, 1.807) is 36.2 Å². The Kier molecular flexibility index (Phi) is 8.11.